The van der Waals surface area contributed by atoms with E-state index >= 15 is 0 Å². The SMILES string of the molecule is O=C(Cn1cc(S(=O)(=O)Cc2ccccc2F)c2ccccc21)Nc1cccc(C(F)(F)F)c1. The first-order valence-corrected chi connectivity index (χ1v) is 11.7. The molecule has 0 aliphatic rings. The van der Waals surface area contributed by atoms with E-state index in [2.05, 4.69) is 5.32 Å². The number of para-hydroxylation sites is 1. The number of sulfone groups is 1. The van der Waals surface area contributed by atoms with Gasteiger partial charge in [-0.1, -0.05) is 42.5 Å². The highest BCUT2D eigenvalue weighted by Crippen LogP contribution is 2.31. The molecule has 0 radical (unpaired) electrons. The molecule has 0 fully saturated rings. The van der Waals surface area contributed by atoms with Crippen LogP contribution in [-0.2, 0) is 33.1 Å². The summed E-state index contributed by atoms with van der Waals surface area (Å²) in [6.07, 6.45) is -3.27. The number of benzene rings is 3. The number of amides is 1. The Hall–Kier alpha value is -3.66. The maximum atomic E-state index is 14.0. The van der Waals surface area contributed by atoms with E-state index in [-0.39, 0.29) is 22.7 Å². The first kappa shape index (κ1) is 23.5. The molecule has 0 atom stereocenters. The molecule has 3 aromatic carbocycles. The van der Waals surface area contributed by atoms with Crippen LogP contribution in [0.1, 0.15) is 11.1 Å². The number of carbonyl (C=O) groups is 1. The number of hydrogen-bond donors (Lipinski definition) is 1. The van der Waals surface area contributed by atoms with Gasteiger partial charge in [0, 0.05) is 28.4 Å². The van der Waals surface area contributed by atoms with Gasteiger partial charge in [0.05, 0.1) is 16.2 Å². The molecule has 1 aromatic heterocycles. The van der Waals surface area contributed by atoms with Gasteiger partial charge in [-0.2, -0.15) is 13.2 Å². The predicted octanol–water partition coefficient (Wildman–Crippen LogP) is 5.41. The zero-order valence-electron chi connectivity index (χ0n) is 17.5. The molecule has 34 heavy (non-hydrogen) atoms. The molecule has 0 aliphatic heterocycles. The monoisotopic (exact) mass is 490 g/mol. The van der Waals surface area contributed by atoms with Crippen LogP contribution in [-0.4, -0.2) is 18.9 Å². The van der Waals surface area contributed by atoms with Crippen molar-refractivity contribution in [2.45, 2.75) is 23.4 Å². The summed E-state index contributed by atoms with van der Waals surface area (Å²) in [5, 5.41) is 2.76. The minimum atomic E-state index is -4.56. The van der Waals surface area contributed by atoms with Crippen LogP contribution in [0.5, 0.6) is 0 Å². The number of nitrogens with zero attached hydrogens (tertiary/aromatic N) is 1. The van der Waals surface area contributed by atoms with Gasteiger partial charge in [-0.05, 0) is 30.3 Å². The van der Waals surface area contributed by atoms with E-state index in [0.717, 1.165) is 12.1 Å². The average molecular weight is 490 g/mol. The van der Waals surface area contributed by atoms with Crippen LogP contribution < -0.4 is 5.32 Å². The van der Waals surface area contributed by atoms with Crippen molar-refractivity contribution in [3.63, 3.8) is 0 Å². The van der Waals surface area contributed by atoms with E-state index in [4.69, 9.17) is 0 Å². The van der Waals surface area contributed by atoms with Gasteiger partial charge in [-0.25, -0.2) is 12.8 Å². The highest BCUT2D eigenvalue weighted by Gasteiger charge is 2.30. The molecule has 1 N–H and O–H groups in total. The minimum absolute atomic E-state index is 0.0154. The summed E-state index contributed by atoms with van der Waals surface area (Å²) in [6.45, 7) is -0.341. The van der Waals surface area contributed by atoms with E-state index in [0.29, 0.717) is 10.9 Å². The number of aromatic nitrogens is 1. The third-order valence-electron chi connectivity index (χ3n) is 5.18. The highest BCUT2D eigenvalue weighted by molar-refractivity contribution is 7.90. The molecule has 4 rings (SSSR count). The smallest absolute Gasteiger partial charge is 0.337 e. The number of alkyl halides is 3. The van der Waals surface area contributed by atoms with Gasteiger partial charge < -0.3 is 9.88 Å². The third kappa shape index (κ3) is 4.96. The summed E-state index contributed by atoms with van der Waals surface area (Å²) in [6, 6.07) is 16.3. The van der Waals surface area contributed by atoms with Gasteiger partial charge in [-0.15, -0.1) is 0 Å². The first-order valence-electron chi connectivity index (χ1n) is 10.1. The molecule has 0 unspecified atom stereocenters. The van der Waals surface area contributed by atoms with Crippen LogP contribution in [0.4, 0.5) is 23.2 Å². The lowest BCUT2D eigenvalue weighted by Crippen LogP contribution is -2.18. The second kappa shape index (κ2) is 8.94. The number of anilines is 1. The number of nitrogens with one attached hydrogen (secondary N) is 1. The summed E-state index contributed by atoms with van der Waals surface area (Å²) < 4.78 is 80.4. The predicted molar refractivity (Wildman–Crippen MR) is 119 cm³/mol. The fraction of sp³-hybridized carbons (Fsp3) is 0.125. The average Bonchev–Trinajstić information content (AvgIpc) is 3.14. The molecule has 0 bridgehead atoms. The quantitative estimate of drug-likeness (QED) is 0.368. The van der Waals surface area contributed by atoms with Gasteiger partial charge >= 0.3 is 6.18 Å². The highest BCUT2D eigenvalue weighted by atomic mass is 32.2. The maximum absolute atomic E-state index is 14.0. The molecule has 0 spiro atoms. The van der Waals surface area contributed by atoms with Gasteiger partial charge in [0.15, 0.2) is 9.84 Å². The second-order valence-electron chi connectivity index (χ2n) is 7.62. The Labute approximate surface area is 192 Å². The van der Waals surface area contributed by atoms with Crippen molar-refractivity contribution in [2.24, 2.45) is 0 Å². The third-order valence-corrected chi connectivity index (χ3v) is 6.86. The number of carbonyl (C=O) groups excluding carboxylic acids is 1. The summed E-state index contributed by atoms with van der Waals surface area (Å²) in [5.74, 6) is -1.85. The standard InChI is InChI=1S/C24H18F4N2O3S/c25-20-10-3-1-6-16(20)15-34(32,33)22-13-30(21-11-4-2-9-19(21)22)14-23(31)29-18-8-5-7-17(12-18)24(26,27)28/h1-13H,14-15H2,(H,29,31). The Morgan fingerprint density at radius 3 is 2.38 bits per heavy atom. The van der Waals surface area contributed by atoms with Crippen molar-refractivity contribution in [1.29, 1.82) is 0 Å². The van der Waals surface area contributed by atoms with Crippen LogP contribution in [0.3, 0.4) is 0 Å². The second-order valence-corrected chi connectivity index (χ2v) is 9.57. The van der Waals surface area contributed by atoms with E-state index in [9.17, 15) is 30.8 Å². The Balaban J connectivity index is 1.62. The Bertz CT molecular complexity index is 1480. The number of halogens is 4. The molecular weight excluding hydrogens is 472 g/mol. The fourth-order valence-electron chi connectivity index (χ4n) is 3.62. The van der Waals surface area contributed by atoms with Crippen LogP contribution in [0.25, 0.3) is 10.9 Å². The molecule has 176 valence electrons. The van der Waals surface area contributed by atoms with E-state index < -0.39 is 39.1 Å². The van der Waals surface area contributed by atoms with Crippen molar-refractivity contribution in [3.8, 4) is 0 Å². The zero-order chi connectivity index (χ0) is 24.5. The minimum Gasteiger partial charge on any atom is -0.337 e. The zero-order valence-corrected chi connectivity index (χ0v) is 18.3. The van der Waals surface area contributed by atoms with E-state index in [1.165, 1.54) is 47.2 Å². The summed E-state index contributed by atoms with van der Waals surface area (Å²) in [7, 11) is -3.98. The molecule has 1 heterocycles. The largest absolute Gasteiger partial charge is 0.416 e. The van der Waals surface area contributed by atoms with Gasteiger partial charge in [0.2, 0.25) is 5.91 Å². The van der Waals surface area contributed by atoms with Gasteiger partial charge in [-0.3, -0.25) is 4.79 Å². The molecule has 0 saturated heterocycles. The molecule has 5 nitrogen and oxygen atoms in total. The van der Waals surface area contributed by atoms with Crippen LogP contribution in [0.15, 0.2) is 83.9 Å². The van der Waals surface area contributed by atoms with Crippen LogP contribution >= 0.6 is 0 Å². The molecule has 0 saturated carbocycles. The first-order chi connectivity index (χ1) is 16.0. The topological polar surface area (TPSA) is 68.2 Å². The van der Waals surface area contributed by atoms with Crippen LogP contribution in [0, 0.1) is 5.82 Å². The maximum Gasteiger partial charge on any atom is 0.416 e. The number of rotatable bonds is 6. The lowest BCUT2D eigenvalue weighted by molar-refractivity contribution is -0.137. The Kier molecular flexibility index (Phi) is 6.18. The molecule has 1 amide bonds. The van der Waals surface area contributed by atoms with Gasteiger partial charge in [0.1, 0.15) is 12.4 Å². The molecule has 4 aromatic rings. The summed E-state index contributed by atoms with van der Waals surface area (Å²) in [4.78, 5) is 12.5. The molecular formula is C24H18F4N2O3S. The van der Waals surface area contributed by atoms with Crippen LogP contribution in [0.2, 0.25) is 0 Å². The number of hydrogen-bond acceptors (Lipinski definition) is 3. The summed E-state index contributed by atoms with van der Waals surface area (Å²) >= 11 is 0. The normalized spacial score (nSPS) is 12.1. The lowest BCUT2D eigenvalue weighted by Gasteiger charge is -2.10. The molecule has 10 heteroatoms. The number of fused-ring (bicyclic) bond motifs is 1. The Morgan fingerprint density at radius 2 is 1.65 bits per heavy atom. The van der Waals surface area contributed by atoms with Crippen molar-refractivity contribution < 1.29 is 30.8 Å². The van der Waals surface area contributed by atoms with Crippen molar-refractivity contribution in [1.82, 2.24) is 4.57 Å². The molecule has 0 aliphatic carbocycles. The van der Waals surface area contributed by atoms with Gasteiger partial charge in [0.25, 0.3) is 0 Å². The van der Waals surface area contributed by atoms with Crippen molar-refractivity contribution >= 4 is 32.3 Å². The fourth-order valence-corrected chi connectivity index (χ4v) is 5.21. The van der Waals surface area contributed by atoms with E-state index in [1.807, 2.05) is 0 Å². The van der Waals surface area contributed by atoms with Crippen molar-refractivity contribution in [2.75, 3.05) is 5.32 Å². The summed E-state index contributed by atoms with van der Waals surface area (Å²) in [5.41, 5.74) is -0.489. The van der Waals surface area contributed by atoms with Crippen molar-refractivity contribution in [3.05, 3.63) is 95.9 Å². The lowest BCUT2D eigenvalue weighted by atomic mass is 10.2. The Morgan fingerprint density at radius 1 is 0.941 bits per heavy atom. The van der Waals surface area contributed by atoms with E-state index in [1.54, 1.807) is 24.3 Å².